The molecule has 2 amide bonds. The number of para-hydroxylation sites is 1. The molecule has 3 aromatic rings. The summed E-state index contributed by atoms with van der Waals surface area (Å²) in [6, 6.07) is 23.8. The van der Waals surface area contributed by atoms with Crippen LogP contribution in [0, 0.1) is 0 Å². The van der Waals surface area contributed by atoms with E-state index in [1.54, 1.807) is 42.5 Å². The monoisotopic (exact) mass is 388 g/mol. The fourth-order valence-corrected chi connectivity index (χ4v) is 2.85. The van der Waals surface area contributed by atoms with Crippen LogP contribution in [0.1, 0.15) is 29.3 Å². The molecule has 2 N–H and O–H groups in total. The van der Waals surface area contributed by atoms with Gasteiger partial charge in [-0.05, 0) is 42.3 Å². The first kappa shape index (κ1) is 20.1. The molecular formula is C24H24N2O3. The summed E-state index contributed by atoms with van der Waals surface area (Å²) in [6.45, 7) is 2.56. The van der Waals surface area contributed by atoms with E-state index in [0.29, 0.717) is 35.7 Å². The minimum atomic E-state index is -0.260. The maximum atomic E-state index is 12.7. The van der Waals surface area contributed by atoms with E-state index in [1.807, 2.05) is 43.3 Å². The highest BCUT2D eigenvalue weighted by atomic mass is 16.5. The molecule has 0 saturated carbocycles. The van der Waals surface area contributed by atoms with Crippen molar-refractivity contribution >= 4 is 23.2 Å². The molecule has 0 radical (unpaired) electrons. The number of hydrogen-bond donors (Lipinski definition) is 2. The minimum absolute atomic E-state index is 0.113. The third-order valence-electron chi connectivity index (χ3n) is 4.21. The third kappa shape index (κ3) is 5.94. The number of benzene rings is 3. The number of amides is 2. The molecule has 0 aliphatic carbocycles. The van der Waals surface area contributed by atoms with Gasteiger partial charge >= 0.3 is 0 Å². The molecule has 0 aliphatic rings. The van der Waals surface area contributed by atoms with Gasteiger partial charge in [-0.1, -0.05) is 55.5 Å². The van der Waals surface area contributed by atoms with Crippen molar-refractivity contribution in [1.29, 1.82) is 0 Å². The van der Waals surface area contributed by atoms with E-state index in [-0.39, 0.29) is 11.8 Å². The van der Waals surface area contributed by atoms with Crippen LogP contribution in [0.5, 0.6) is 5.75 Å². The summed E-state index contributed by atoms with van der Waals surface area (Å²) in [5.41, 5.74) is 2.63. The van der Waals surface area contributed by atoms with Crippen LogP contribution in [0.15, 0.2) is 78.9 Å². The number of ether oxygens (including phenoxy) is 1. The Balaban J connectivity index is 1.65. The Hall–Kier alpha value is -3.60. The number of carbonyl (C=O) groups excluding carboxylic acids is 2. The number of hydrogen-bond acceptors (Lipinski definition) is 3. The van der Waals surface area contributed by atoms with Crippen LogP contribution < -0.4 is 15.4 Å². The lowest BCUT2D eigenvalue weighted by Gasteiger charge is -2.12. The number of rotatable bonds is 8. The zero-order chi connectivity index (χ0) is 20.5. The Labute approximate surface area is 170 Å². The van der Waals surface area contributed by atoms with Crippen LogP contribution in [0.3, 0.4) is 0 Å². The Morgan fingerprint density at radius 3 is 2.28 bits per heavy atom. The van der Waals surface area contributed by atoms with Crippen LogP contribution in [0.4, 0.5) is 11.4 Å². The SMILES string of the molecule is CCCOc1ccccc1C(=O)Nc1cccc(NC(=O)Cc2ccccc2)c1. The summed E-state index contributed by atoms with van der Waals surface area (Å²) in [6.07, 6.45) is 1.15. The lowest BCUT2D eigenvalue weighted by atomic mass is 10.1. The number of carbonyl (C=O) groups is 2. The van der Waals surface area contributed by atoms with E-state index in [4.69, 9.17) is 4.74 Å². The fraction of sp³-hybridized carbons (Fsp3) is 0.167. The number of anilines is 2. The zero-order valence-electron chi connectivity index (χ0n) is 16.4. The van der Waals surface area contributed by atoms with Crippen molar-refractivity contribution in [2.24, 2.45) is 0 Å². The van der Waals surface area contributed by atoms with Gasteiger partial charge in [-0.25, -0.2) is 0 Å². The fourth-order valence-electron chi connectivity index (χ4n) is 2.85. The van der Waals surface area contributed by atoms with Gasteiger partial charge in [0.05, 0.1) is 18.6 Å². The quantitative estimate of drug-likeness (QED) is 0.576. The van der Waals surface area contributed by atoms with Crippen molar-refractivity contribution in [3.8, 4) is 5.75 Å². The summed E-state index contributed by atoms with van der Waals surface area (Å²) >= 11 is 0. The zero-order valence-corrected chi connectivity index (χ0v) is 16.4. The summed E-state index contributed by atoms with van der Waals surface area (Å²) < 4.78 is 5.66. The van der Waals surface area contributed by atoms with Gasteiger partial charge in [0.15, 0.2) is 0 Å². The average Bonchev–Trinajstić information content (AvgIpc) is 2.73. The van der Waals surface area contributed by atoms with Crippen molar-refractivity contribution in [3.05, 3.63) is 90.0 Å². The summed E-state index contributed by atoms with van der Waals surface area (Å²) in [7, 11) is 0. The highest BCUT2D eigenvalue weighted by molar-refractivity contribution is 6.06. The molecule has 5 nitrogen and oxygen atoms in total. The molecular weight excluding hydrogens is 364 g/mol. The van der Waals surface area contributed by atoms with Gasteiger partial charge in [-0.3, -0.25) is 9.59 Å². The molecule has 0 saturated heterocycles. The first-order chi connectivity index (χ1) is 14.2. The average molecular weight is 388 g/mol. The Bertz CT molecular complexity index is 971. The van der Waals surface area contributed by atoms with Gasteiger partial charge in [0.1, 0.15) is 5.75 Å². The van der Waals surface area contributed by atoms with Crippen LogP contribution in [-0.2, 0) is 11.2 Å². The van der Waals surface area contributed by atoms with Gasteiger partial charge in [-0.2, -0.15) is 0 Å². The van der Waals surface area contributed by atoms with Crippen LogP contribution in [0.25, 0.3) is 0 Å². The second-order valence-corrected chi connectivity index (χ2v) is 6.59. The summed E-state index contributed by atoms with van der Waals surface area (Å²) in [5, 5.41) is 5.74. The first-order valence-electron chi connectivity index (χ1n) is 9.62. The van der Waals surface area contributed by atoms with Gasteiger partial charge in [0, 0.05) is 11.4 Å². The molecule has 0 spiro atoms. The van der Waals surface area contributed by atoms with Gasteiger partial charge < -0.3 is 15.4 Å². The summed E-state index contributed by atoms with van der Waals surface area (Å²) in [5.74, 6) is 0.182. The van der Waals surface area contributed by atoms with Crippen LogP contribution in [-0.4, -0.2) is 18.4 Å². The normalized spacial score (nSPS) is 10.2. The highest BCUT2D eigenvalue weighted by Crippen LogP contribution is 2.21. The lowest BCUT2D eigenvalue weighted by Crippen LogP contribution is -2.16. The lowest BCUT2D eigenvalue weighted by molar-refractivity contribution is -0.115. The number of nitrogens with one attached hydrogen (secondary N) is 2. The molecule has 3 aromatic carbocycles. The van der Waals surface area contributed by atoms with E-state index in [0.717, 1.165) is 12.0 Å². The van der Waals surface area contributed by atoms with Gasteiger partial charge in [-0.15, -0.1) is 0 Å². The van der Waals surface area contributed by atoms with Crippen molar-refractivity contribution in [2.45, 2.75) is 19.8 Å². The Morgan fingerprint density at radius 2 is 1.52 bits per heavy atom. The highest BCUT2D eigenvalue weighted by Gasteiger charge is 2.13. The molecule has 0 aliphatic heterocycles. The maximum absolute atomic E-state index is 12.7. The molecule has 0 aromatic heterocycles. The van der Waals surface area contributed by atoms with Crippen molar-refractivity contribution in [1.82, 2.24) is 0 Å². The summed E-state index contributed by atoms with van der Waals surface area (Å²) in [4.78, 5) is 25.0. The van der Waals surface area contributed by atoms with Gasteiger partial charge in [0.2, 0.25) is 5.91 Å². The Morgan fingerprint density at radius 1 is 0.828 bits per heavy atom. The van der Waals surface area contributed by atoms with E-state index in [2.05, 4.69) is 10.6 Å². The van der Waals surface area contributed by atoms with Crippen LogP contribution in [0.2, 0.25) is 0 Å². The van der Waals surface area contributed by atoms with Crippen molar-refractivity contribution in [2.75, 3.05) is 17.2 Å². The topological polar surface area (TPSA) is 67.4 Å². The smallest absolute Gasteiger partial charge is 0.259 e. The first-order valence-corrected chi connectivity index (χ1v) is 9.62. The molecule has 0 fully saturated rings. The molecule has 3 rings (SSSR count). The third-order valence-corrected chi connectivity index (χ3v) is 4.21. The minimum Gasteiger partial charge on any atom is -0.493 e. The predicted octanol–water partition coefficient (Wildman–Crippen LogP) is 4.91. The van der Waals surface area contributed by atoms with E-state index < -0.39 is 0 Å². The predicted molar refractivity (Wildman–Crippen MR) is 115 cm³/mol. The molecule has 29 heavy (non-hydrogen) atoms. The van der Waals surface area contributed by atoms with Gasteiger partial charge in [0.25, 0.3) is 5.91 Å². The molecule has 0 bridgehead atoms. The van der Waals surface area contributed by atoms with E-state index in [9.17, 15) is 9.59 Å². The largest absolute Gasteiger partial charge is 0.493 e. The van der Waals surface area contributed by atoms with Crippen molar-refractivity contribution in [3.63, 3.8) is 0 Å². The second-order valence-electron chi connectivity index (χ2n) is 6.59. The molecule has 0 unspecified atom stereocenters. The second kappa shape index (κ2) is 10.1. The van der Waals surface area contributed by atoms with Crippen molar-refractivity contribution < 1.29 is 14.3 Å². The van der Waals surface area contributed by atoms with Crippen LogP contribution >= 0.6 is 0 Å². The molecule has 148 valence electrons. The maximum Gasteiger partial charge on any atom is 0.259 e. The van der Waals surface area contributed by atoms with E-state index in [1.165, 1.54) is 0 Å². The molecule has 0 atom stereocenters. The Kier molecular flexibility index (Phi) is 7.00. The molecule has 0 heterocycles. The standard InChI is InChI=1S/C24H24N2O3/c1-2-15-29-22-14-7-6-13-21(22)24(28)26-20-12-8-11-19(17-20)25-23(27)16-18-9-4-3-5-10-18/h3-14,17H,2,15-16H2,1H3,(H,25,27)(H,26,28). The molecule has 5 heteroatoms. The van der Waals surface area contributed by atoms with E-state index >= 15 is 0 Å².